The summed E-state index contributed by atoms with van der Waals surface area (Å²) in [6.45, 7) is 4.20. The highest BCUT2D eigenvalue weighted by atomic mass is 35.5. The molecule has 0 radical (unpaired) electrons. The van der Waals surface area contributed by atoms with Crippen molar-refractivity contribution in [3.63, 3.8) is 0 Å². The van der Waals surface area contributed by atoms with Crippen LogP contribution in [0.4, 0.5) is 0 Å². The Morgan fingerprint density at radius 1 is 0.931 bits per heavy atom. The second kappa shape index (κ2) is 7.29. The molecule has 0 fully saturated rings. The minimum absolute atomic E-state index is 0. The lowest BCUT2D eigenvalue weighted by molar-refractivity contribution is 0.192. The third kappa shape index (κ3) is 3.04. The van der Waals surface area contributed by atoms with E-state index < -0.39 is 0 Å². The normalized spacial score (nSPS) is 17.2. The number of rotatable bonds is 2. The lowest BCUT2D eigenvalue weighted by Crippen LogP contribution is -2.38. The summed E-state index contributed by atoms with van der Waals surface area (Å²) in [7, 11) is 0. The van der Waals surface area contributed by atoms with Crippen LogP contribution in [0.25, 0.3) is 22.3 Å². The fraction of sp³-hybridized carbons (Fsp3) is 0.250. The first-order chi connectivity index (χ1) is 13.6. The van der Waals surface area contributed by atoms with Gasteiger partial charge in [-0.05, 0) is 77.0 Å². The van der Waals surface area contributed by atoms with Gasteiger partial charge < -0.3 is 15.3 Å². The highest BCUT2D eigenvalue weighted by molar-refractivity contribution is 5.86. The summed E-state index contributed by atoms with van der Waals surface area (Å²) in [4.78, 5) is 2.50. The maximum absolute atomic E-state index is 10.7. The van der Waals surface area contributed by atoms with Crippen LogP contribution in [0.1, 0.15) is 29.7 Å². The number of hydrogen-bond acceptors (Lipinski definition) is 4. The minimum atomic E-state index is -0.0795. The molecule has 2 aliphatic rings. The van der Waals surface area contributed by atoms with Crippen molar-refractivity contribution in [3.8, 4) is 39.5 Å². The van der Waals surface area contributed by atoms with Crippen LogP contribution in [-0.4, -0.2) is 33.3 Å². The highest BCUT2D eigenvalue weighted by Gasteiger charge is 2.35. The number of nitrogens with zero attached hydrogens (tertiary/aromatic N) is 1. The number of benzene rings is 3. The number of phenolic OH excluding ortho intramolecular Hbond substituents is 3. The van der Waals surface area contributed by atoms with E-state index in [9.17, 15) is 15.3 Å². The van der Waals surface area contributed by atoms with Gasteiger partial charge in [0.15, 0.2) is 11.5 Å². The monoisotopic (exact) mass is 409 g/mol. The third-order valence-electron chi connectivity index (χ3n) is 6.24. The van der Waals surface area contributed by atoms with Crippen LogP contribution >= 0.6 is 12.4 Å². The van der Waals surface area contributed by atoms with Gasteiger partial charge in [0.2, 0.25) is 0 Å². The molecule has 3 aromatic carbocycles. The minimum Gasteiger partial charge on any atom is -0.508 e. The fourth-order valence-corrected chi connectivity index (χ4v) is 4.85. The molecule has 0 amide bonds. The van der Waals surface area contributed by atoms with E-state index in [0.29, 0.717) is 6.04 Å². The molecule has 5 rings (SSSR count). The molecule has 0 saturated carbocycles. The first-order valence-electron chi connectivity index (χ1n) is 9.81. The number of fused-ring (bicyclic) bond motifs is 2. The Balaban J connectivity index is 0.00000205. The molecule has 1 aliphatic heterocycles. The van der Waals surface area contributed by atoms with E-state index in [0.717, 1.165) is 53.7 Å². The van der Waals surface area contributed by atoms with Crippen molar-refractivity contribution in [1.29, 1.82) is 0 Å². The van der Waals surface area contributed by atoms with Crippen molar-refractivity contribution in [1.82, 2.24) is 4.90 Å². The van der Waals surface area contributed by atoms with Crippen LogP contribution < -0.4 is 0 Å². The van der Waals surface area contributed by atoms with Gasteiger partial charge in [-0.3, -0.25) is 4.90 Å². The average Bonchev–Trinajstić information content (AvgIpc) is 2.71. The summed E-state index contributed by atoms with van der Waals surface area (Å²) >= 11 is 0. The quantitative estimate of drug-likeness (QED) is 0.519. The Hall–Kier alpha value is -2.69. The van der Waals surface area contributed by atoms with Crippen LogP contribution in [0.3, 0.4) is 0 Å². The molecule has 1 aliphatic carbocycles. The molecule has 3 aromatic rings. The number of hydrogen-bond donors (Lipinski definition) is 3. The first kappa shape index (κ1) is 19.6. The van der Waals surface area contributed by atoms with E-state index in [4.69, 9.17) is 0 Å². The Morgan fingerprint density at radius 3 is 2.41 bits per heavy atom. The predicted octanol–water partition coefficient (Wildman–Crippen LogP) is 5.03. The van der Waals surface area contributed by atoms with Crippen molar-refractivity contribution in [2.45, 2.75) is 25.8 Å². The molecule has 1 heterocycles. The van der Waals surface area contributed by atoms with Crippen LogP contribution in [0.2, 0.25) is 0 Å². The molecule has 3 N–H and O–H groups in total. The van der Waals surface area contributed by atoms with Crippen LogP contribution in [0, 0.1) is 0 Å². The molecule has 5 heteroatoms. The SMILES string of the molecule is CCN1CCc2cc(-c3ccc(O)cc3)cc3c2C1Cc1ccc(O)c(O)c1-3.Cl. The second-order valence-corrected chi connectivity index (χ2v) is 7.71. The maximum Gasteiger partial charge on any atom is 0.165 e. The molecule has 1 unspecified atom stereocenters. The van der Waals surface area contributed by atoms with Crippen LogP contribution in [-0.2, 0) is 12.8 Å². The number of aromatic hydroxyl groups is 3. The number of phenols is 3. The molecule has 29 heavy (non-hydrogen) atoms. The zero-order valence-electron chi connectivity index (χ0n) is 16.2. The summed E-state index contributed by atoms with van der Waals surface area (Å²) in [5.41, 5.74) is 7.52. The molecule has 0 spiro atoms. The van der Waals surface area contributed by atoms with Crippen molar-refractivity contribution in [2.24, 2.45) is 0 Å². The van der Waals surface area contributed by atoms with E-state index in [1.165, 1.54) is 11.1 Å². The van der Waals surface area contributed by atoms with Gasteiger partial charge in [0.25, 0.3) is 0 Å². The highest BCUT2D eigenvalue weighted by Crippen LogP contribution is 2.51. The number of halogens is 1. The average molecular weight is 410 g/mol. The van der Waals surface area contributed by atoms with Gasteiger partial charge in [-0.15, -0.1) is 12.4 Å². The standard InChI is InChI=1S/C24H23NO3.ClH/c1-2-25-10-9-16-11-17(14-3-6-18(26)7-4-14)12-19-22(16)20(25)13-15-5-8-21(27)24(28)23(15)19;/h3-8,11-12,20,26-28H,2,9-10,13H2,1H3;1H. The molecule has 150 valence electrons. The van der Waals surface area contributed by atoms with Gasteiger partial charge in [0.05, 0.1) is 0 Å². The van der Waals surface area contributed by atoms with Crippen LogP contribution in [0.5, 0.6) is 17.2 Å². The lowest BCUT2D eigenvalue weighted by Gasteiger charge is -2.41. The fourth-order valence-electron chi connectivity index (χ4n) is 4.85. The van der Waals surface area contributed by atoms with Crippen molar-refractivity contribution in [3.05, 3.63) is 65.2 Å². The molecule has 0 bridgehead atoms. The lowest BCUT2D eigenvalue weighted by atomic mass is 9.75. The zero-order chi connectivity index (χ0) is 19.4. The summed E-state index contributed by atoms with van der Waals surface area (Å²) in [6, 6.07) is 15.4. The van der Waals surface area contributed by atoms with E-state index in [-0.39, 0.29) is 29.7 Å². The van der Waals surface area contributed by atoms with E-state index >= 15 is 0 Å². The van der Waals surface area contributed by atoms with Crippen molar-refractivity contribution >= 4 is 12.4 Å². The zero-order valence-corrected chi connectivity index (χ0v) is 17.0. The van der Waals surface area contributed by atoms with Gasteiger partial charge in [0.1, 0.15) is 5.75 Å². The third-order valence-corrected chi connectivity index (χ3v) is 6.24. The Kier molecular flexibility index (Phi) is 4.93. The maximum atomic E-state index is 10.7. The summed E-state index contributed by atoms with van der Waals surface area (Å²) in [5.74, 6) is 0.133. The summed E-state index contributed by atoms with van der Waals surface area (Å²) < 4.78 is 0. The molecular formula is C24H24ClNO3. The van der Waals surface area contributed by atoms with Gasteiger partial charge in [0, 0.05) is 18.2 Å². The molecule has 4 nitrogen and oxygen atoms in total. The Morgan fingerprint density at radius 2 is 1.69 bits per heavy atom. The van der Waals surface area contributed by atoms with E-state index in [1.54, 1.807) is 18.2 Å². The van der Waals surface area contributed by atoms with E-state index in [2.05, 4.69) is 24.0 Å². The number of likely N-dealkylation sites (N-methyl/N-ethyl adjacent to an activating group) is 1. The molecular weight excluding hydrogens is 386 g/mol. The van der Waals surface area contributed by atoms with Gasteiger partial charge in [-0.25, -0.2) is 0 Å². The van der Waals surface area contributed by atoms with Crippen LogP contribution in [0.15, 0.2) is 48.5 Å². The molecule has 0 saturated heterocycles. The van der Waals surface area contributed by atoms with Crippen molar-refractivity contribution in [2.75, 3.05) is 13.1 Å². The van der Waals surface area contributed by atoms with Crippen molar-refractivity contribution < 1.29 is 15.3 Å². The molecule has 0 aromatic heterocycles. The summed E-state index contributed by atoms with van der Waals surface area (Å²) in [5, 5.41) is 30.4. The second-order valence-electron chi connectivity index (χ2n) is 7.71. The Bertz CT molecular complexity index is 1080. The van der Waals surface area contributed by atoms with Gasteiger partial charge in [-0.2, -0.15) is 0 Å². The summed E-state index contributed by atoms with van der Waals surface area (Å²) in [6.07, 6.45) is 1.81. The topological polar surface area (TPSA) is 63.9 Å². The Labute approximate surface area is 176 Å². The first-order valence-corrected chi connectivity index (χ1v) is 9.81. The predicted molar refractivity (Wildman–Crippen MR) is 117 cm³/mol. The largest absolute Gasteiger partial charge is 0.508 e. The van der Waals surface area contributed by atoms with Gasteiger partial charge >= 0.3 is 0 Å². The van der Waals surface area contributed by atoms with Gasteiger partial charge in [-0.1, -0.05) is 31.2 Å². The van der Waals surface area contributed by atoms with E-state index in [1.807, 2.05) is 18.2 Å². The molecule has 1 atom stereocenters. The smallest absolute Gasteiger partial charge is 0.165 e.